The van der Waals surface area contributed by atoms with Crippen molar-refractivity contribution in [2.24, 2.45) is 10.4 Å². The molecule has 1 aromatic rings. The second-order valence-corrected chi connectivity index (χ2v) is 7.73. The molecule has 0 radical (unpaired) electrons. The minimum atomic E-state index is -0.350. The lowest BCUT2D eigenvalue weighted by Gasteiger charge is -2.36. The predicted molar refractivity (Wildman–Crippen MR) is 123 cm³/mol. The van der Waals surface area contributed by atoms with Gasteiger partial charge in [-0.05, 0) is 5.56 Å². The zero-order valence-electron chi connectivity index (χ0n) is 17.0. The maximum Gasteiger partial charge on any atom is 0.225 e. The van der Waals surface area contributed by atoms with Crippen molar-refractivity contribution in [3.05, 3.63) is 35.9 Å². The Balaban J connectivity index is 0.00000364. The van der Waals surface area contributed by atoms with E-state index in [4.69, 9.17) is 0 Å². The van der Waals surface area contributed by atoms with Gasteiger partial charge in [0.15, 0.2) is 5.96 Å². The molecule has 1 aromatic carbocycles. The quantitative estimate of drug-likeness (QED) is 0.289. The summed E-state index contributed by atoms with van der Waals surface area (Å²) in [5.74, 6) is 0.984. The third-order valence-electron chi connectivity index (χ3n) is 4.51. The highest BCUT2D eigenvalue weighted by atomic mass is 127. The summed E-state index contributed by atoms with van der Waals surface area (Å²) in [6, 6.07) is 10.6. The van der Waals surface area contributed by atoms with E-state index in [-0.39, 0.29) is 35.3 Å². The number of piperazine rings is 1. The van der Waals surface area contributed by atoms with E-state index >= 15 is 0 Å². The van der Waals surface area contributed by atoms with Crippen molar-refractivity contribution in [1.82, 2.24) is 20.4 Å². The van der Waals surface area contributed by atoms with Crippen LogP contribution in [0.15, 0.2) is 35.3 Å². The highest BCUT2D eigenvalue weighted by molar-refractivity contribution is 14.0. The van der Waals surface area contributed by atoms with Crippen molar-refractivity contribution < 1.29 is 4.79 Å². The van der Waals surface area contributed by atoms with Crippen LogP contribution in [0.1, 0.15) is 26.3 Å². The van der Waals surface area contributed by atoms with Crippen molar-refractivity contribution >= 4 is 35.8 Å². The first-order valence-electron chi connectivity index (χ1n) is 9.40. The molecule has 0 saturated carbocycles. The predicted octanol–water partition coefficient (Wildman–Crippen LogP) is 2.16. The number of nitrogens with zero attached hydrogens (tertiary/aromatic N) is 3. The van der Waals surface area contributed by atoms with Gasteiger partial charge in [-0.1, -0.05) is 51.1 Å². The van der Waals surface area contributed by atoms with Gasteiger partial charge in [-0.25, -0.2) is 0 Å². The normalized spacial score (nSPS) is 15.9. The van der Waals surface area contributed by atoms with Gasteiger partial charge in [0.05, 0.1) is 0 Å². The molecule has 2 N–H and O–H groups in total. The van der Waals surface area contributed by atoms with Crippen LogP contribution in [0.3, 0.4) is 0 Å². The molecule has 7 heteroatoms. The first kappa shape index (κ1) is 23.7. The molecule has 0 unspecified atom stereocenters. The summed E-state index contributed by atoms with van der Waals surface area (Å²) in [4.78, 5) is 21.0. The lowest BCUT2D eigenvalue weighted by atomic mass is 9.96. The zero-order chi connectivity index (χ0) is 19.0. The summed E-state index contributed by atoms with van der Waals surface area (Å²) in [7, 11) is 1.81. The Labute approximate surface area is 180 Å². The third-order valence-corrected chi connectivity index (χ3v) is 4.51. The van der Waals surface area contributed by atoms with Crippen molar-refractivity contribution in [1.29, 1.82) is 0 Å². The fraction of sp³-hybridized carbons (Fsp3) is 0.600. The Morgan fingerprint density at radius 3 is 2.19 bits per heavy atom. The van der Waals surface area contributed by atoms with Crippen molar-refractivity contribution in [2.45, 2.75) is 27.3 Å². The molecule has 1 aliphatic rings. The number of rotatable bonds is 5. The van der Waals surface area contributed by atoms with E-state index in [0.717, 1.165) is 38.7 Å². The topological polar surface area (TPSA) is 60.0 Å². The number of carbonyl (C=O) groups excluding carboxylic acids is 1. The Bertz CT molecular complexity index is 592. The molecule has 2 rings (SSSR count). The Morgan fingerprint density at radius 1 is 1.04 bits per heavy atom. The molecule has 0 aromatic heterocycles. The minimum absolute atomic E-state index is 0. The molecule has 1 aliphatic heterocycles. The fourth-order valence-corrected chi connectivity index (χ4v) is 2.91. The van der Waals surface area contributed by atoms with Crippen molar-refractivity contribution in [3.63, 3.8) is 0 Å². The molecule has 0 aliphatic carbocycles. The monoisotopic (exact) mass is 487 g/mol. The summed E-state index contributed by atoms with van der Waals surface area (Å²) in [6.45, 7) is 12.0. The second-order valence-electron chi connectivity index (χ2n) is 7.73. The summed E-state index contributed by atoms with van der Waals surface area (Å²) < 4.78 is 0. The number of carbonyl (C=O) groups is 1. The van der Waals surface area contributed by atoms with Crippen LogP contribution in [0, 0.1) is 5.41 Å². The standard InChI is InChI=1S/C20H33N5O.HI/c1-20(2,3)18(26)22-10-11-23-19(21-4)25-14-12-24(13-15-25)16-17-8-6-5-7-9-17;/h5-9H,10-16H2,1-4H3,(H,21,23)(H,22,26);1H. The van der Waals surface area contributed by atoms with E-state index in [0.29, 0.717) is 13.1 Å². The molecule has 0 atom stereocenters. The van der Waals surface area contributed by atoms with Crippen LogP contribution in [-0.2, 0) is 11.3 Å². The van der Waals surface area contributed by atoms with Gasteiger partial charge in [-0.3, -0.25) is 14.7 Å². The van der Waals surface area contributed by atoms with Gasteiger partial charge >= 0.3 is 0 Å². The summed E-state index contributed by atoms with van der Waals surface area (Å²) in [5, 5.41) is 6.31. The average molecular weight is 487 g/mol. The van der Waals surface area contributed by atoms with Crippen LogP contribution in [0.2, 0.25) is 0 Å². The highest BCUT2D eigenvalue weighted by Gasteiger charge is 2.21. The Kier molecular flexibility index (Phi) is 10.1. The van der Waals surface area contributed by atoms with Gasteiger partial charge in [0.25, 0.3) is 0 Å². The number of halogens is 1. The first-order valence-corrected chi connectivity index (χ1v) is 9.40. The van der Waals surface area contributed by atoms with Crippen LogP contribution in [-0.4, -0.2) is 68.0 Å². The number of guanidine groups is 1. The van der Waals surface area contributed by atoms with E-state index in [1.165, 1.54) is 5.56 Å². The van der Waals surface area contributed by atoms with Crippen LogP contribution < -0.4 is 10.6 Å². The third kappa shape index (κ3) is 8.04. The summed E-state index contributed by atoms with van der Waals surface area (Å²) in [6.07, 6.45) is 0. The molecule has 1 heterocycles. The van der Waals surface area contributed by atoms with Crippen LogP contribution in [0.25, 0.3) is 0 Å². The number of amides is 1. The van der Waals surface area contributed by atoms with Crippen molar-refractivity contribution in [2.75, 3.05) is 46.3 Å². The van der Waals surface area contributed by atoms with Gasteiger partial charge in [0.1, 0.15) is 0 Å². The van der Waals surface area contributed by atoms with E-state index in [2.05, 4.69) is 55.8 Å². The first-order chi connectivity index (χ1) is 12.4. The summed E-state index contributed by atoms with van der Waals surface area (Å²) >= 11 is 0. The van der Waals surface area contributed by atoms with Crippen LogP contribution in [0.5, 0.6) is 0 Å². The van der Waals surface area contributed by atoms with Gasteiger partial charge < -0.3 is 15.5 Å². The van der Waals surface area contributed by atoms with Crippen molar-refractivity contribution in [3.8, 4) is 0 Å². The molecule has 6 nitrogen and oxygen atoms in total. The molecule has 0 bridgehead atoms. The van der Waals surface area contributed by atoms with Crippen LogP contribution in [0.4, 0.5) is 0 Å². The molecular formula is C20H34IN5O. The highest BCUT2D eigenvalue weighted by Crippen LogP contribution is 2.12. The van der Waals surface area contributed by atoms with Gasteiger partial charge in [-0.15, -0.1) is 24.0 Å². The fourth-order valence-electron chi connectivity index (χ4n) is 2.91. The minimum Gasteiger partial charge on any atom is -0.354 e. The largest absolute Gasteiger partial charge is 0.354 e. The zero-order valence-corrected chi connectivity index (χ0v) is 19.3. The molecular weight excluding hydrogens is 453 g/mol. The second kappa shape index (κ2) is 11.5. The molecule has 1 fully saturated rings. The number of hydrogen-bond acceptors (Lipinski definition) is 3. The lowest BCUT2D eigenvalue weighted by molar-refractivity contribution is -0.128. The van der Waals surface area contributed by atoms with Gasteiger partial charge in [0, 0.05) is 58.3 Å². The van der Waals surface area contributed by atoms with E-state index in [1.54, 1.807) is 0 Å². The van der Waals surface area contributed by atoms with E-state index in [9.17, 15) is 4.79 Å². The van der Waals surface area contributed by atoms with Gasteiger partial charge in [-0.2, -0.15) is 0 Å². The van der Waals surface area contributed by atoms with Gasteiger partial charge in [0.2, 0.25) is 5.91 Å². The Morgan fingerprint density at radius 2 is 1.63 bits per heavy atom. The lowest BCUT2D eigenvalue weighted by Crippen LogP contribution is -2.53. The molecule has 0 spiro atoms. The van der Waals surface area contributed by atoms with Crippen LogP contribution >= 0.6 is 24.0 Å². The maximum atomic E-state index is 11.9. The smallest absolute Gasteiger partial charge is 0.225 e. The molecule has 27 heavy (non-hydrogen) atoms. The van der Waals surface area contributed by atoms with E-state index < -0.39 is 0 Å². The molecule has 1 amide bonds. The number of hydrogen-bond donors (Lipinski definition) is 2. The molecule has 152 valence electrons. The number of benzene rings is 1. The maximum absolute atomic E-state index is 11.9. The van der Waals surface area contributed by atoms with E-state index in [1.807, 2.05) is 27.8 Å². The number of nitrogens with one attached hydrogen (secondary N) is 2. The SMILES string of the molecule is CN=C(NCCNC(=O)C(C)(C)C)N1CCN(Cc2ccccc2)CC1.I. The molecule has 1 saturated heterocycles. The average Bonchev–Trinajstić information content (AvgIpc) is 2.62. The Hall–Kier alpha value is -1.35. The number of aliphatic imine (C=N–C) groups is 1. The summed E-state index contributed by atoms with van der Waals surface area (Å²) in [5.41, 5.74) is 1.01.